The van der Waals surface area contributed by atoms with E-state index in [1.165, 1.54) is 30.4 Å². The van der Waals surface area contributed by atoms with Crippen molar-refractivity contribution in [3.63, 3.8) is 0 Å². The number of hydrogen-bond acceptors (Lipinski definition) is 5. The normalized spacial score (nSPS) is 13.6. The van der Waals surface area contributed by atoms with Crippen LogP contribution in [0.4, 0.5) is 10.1 Å². The molecular weight excluding hydrogens is 329 g/mol. The molecule has 0 aliphatic heterocycles. The number of amides is 1. The van der Waals surface area contributed by atoms with Crippen LogP contribution < -0.4 is 9.75 Å². The molecule has 1 aliphatic rings. The third kappa shape index (κ3) is 3.46. The smallest absolute Gasteiger partial charge is 0.273 e. The maximum Gasteiger partial charge on any atom is 0.273 e. The number of aromatic nitrogens is 1. The Morgan fingerprint density at radius 3 is 2.83 bits per heavy atom. The molecule has 1 heterocycles. The van der Waals surface area contributed by atoms with Crippen LogP contribution >= 0.6 is 11.3 Å². The first kappa shape index (κ1) is 16.6. The van der Waals surface area contributed by atoms with Crippen molar-refractivity contribution in [2.45, 2.75) is 39.2 Å². The van der Waals surface area contributed by atoms with Crippen LogP contribution in [0.3, 0.4) is 0 Å². The Labute approximate surface area is 143 Å². The topological polar surface area (TPSA) is 54.8 Å². The van der Waals surface area contributed by atoms with Crippen molar-refractivity contribution in [3.8, 4) is 5.19 Å². The minimum Gasteiger partial charge on any atom is -0.465 e. The summed E-state index contributed by atoms with van der Waals surface area (Å²) in [4.78, 5) is 16.1. The quantitative estimate of drug-likeness (QED) is 0.586. The molecule has 0 atom stereocenters. The number of anilines is 1. The lowest BCUT2D eigenvalue weighted by atomic mass is 10.0. The Bertz CT molecular complexity index is 786. The molecular formula is C17H18FN3O2S. The Kier molecular flexibility index (Phi) is 4.62. The molecule has 1 amide bonds. The van der Waals surface area contributed by atoms with E-state index in [1.807, 2.05) is 12.3 Å². The van der Waals surface area contributed by atoms with Gasteiger partial charge in [-0.1, -0.05) is 11.3 Å². The van der Waals surface area contributed by atoms with Gasteiger partial charge in [-0.05, 0) is 37.3 Å². The molecule has 1 aromatic carbocycles. The van der Waals surface area contributed by atoms with Crippen molar-refractivity contribution in [2.75, 3.05) is 5.01 Å². The maximum absolute atomic E-state index is 14.1. The average Bonchev–Trinajstić information content (AvgIpc) is 3.29. The van der Waals surface area contributed by atoms with Crippen LogP contribution in [0.1, 0.15) is 42.5 Å². The standard InChI is InChI=1S/C17H18FN3O2S/c1-10-9-24-17(20-10)23-8-15-14(12-4-5-12)6-13(18)7-16(15)21(19-3)11(2)22/h6-7,9,12H,3-5,8H2,1-2H3. The summed E-state index contributed by atoms with van der Waals surface area (Å²) in [5, 5.41) is 7.30. The number of carbonyl (C=O) groups excluding carboxylic acids is 1. The number of thiazole rings is 1. The van der Waals surface area contributed by atoms with Crippen molar-refractivity contribution in [2.24, 2.45) is 5.10 Å². The van der Waals surface area contributed by atoms with Crippen molar-refractivity contribution >= 4 is 29.6 Å². The fraction of sp³-hybridized carbons (Fsp3) is 0.353. The second-order valence-corrected chi connectivity index (χ2v) is 6.60. The molecule has 1 saturated carbocycles. The molecule has 0 unspecified atom stereocenters. The van der Waals surface area contributed by atoms with Gasteiger partial charge in [-0.3, -0.25) is 4.79 Å². The molecule has 0 N–H and O–H groups in total. The van der Waals surface area contributed by atoms with Crippen LogP contribution in [0.25, 0.3) is 0 Å². The second kappa shape index (κ2) is 6.68. The lowest BCUT2D eigenvalue weighted by molar-refractivity contribution is -0.116. The highest BCUT2D eigenvalue weighted by molar-refractivity contribution is 7.11. The van der Waals surface area contributed by atoms with Crippen molar-refractivity contribution in [1.29, 1.82) is 0 Å². The molecule has 3 rings (SSSR count). The van der Waals surface area contributed by atoms with Gasteiger partial charge in [0.2, 0.25) is 5.91 Å². The van der Waals surface area contributed by atoms with Gasteiger partial charge in [0.25, 0.3) is 5.19 Å². The number of nitrogens with zero attached hydrogens (tertiary/aromatic N) is 3. The van der Waals surface area contributed by atoms with Crippen LogP contribution in [0.15, 0.2) is 22.6 Å². The van der Waals surface area contributed by atoms with E-state index in [2.05, 4.69) is 16.8 Å². The highest BCUT2D eigenvalue weighted by Crippen LogP contribution is 2.44. The van der Waals surface area contributed by atoms with Crippen LogP contribution in [0.2, 0.25) is 0 Å². The number of aryl methyl sites for hydroxylation is 1. The minimum atomic E-state index is -0.393. The third-order valence-electron chi connectivity index (χ3n) is 3.85. The van der Waals surface area contributed by atoms with E-state index < -0.39 is 5.82 Å². The summed E-state index contributed by atoms with van der Waals surface area (Å²) in [6, 6.07) is 2.82. The number of hydrazone groups is 1. The van der Waals surface area contributed by atoms with E-state index >= 15 is 0 Å². The fourth-order valence-electron chi connectivity index (χ4n) is 2.63. The molecule has 1 aliphatic carbocycles. The van der Waals surface area contributed by atoms with E-state index in [9.17, 15) is 9.18 Å². The van der Waals surface area contributed by atoms with Gasteiger partial charge in [0.1, 0.15) is 12.4 Å². The van der Waals surface area contributed by atoms with Gasteiger partial charge in [0.15, 0.2) is 0 Å². The lowest BCUT2D eigenvalue weighted by Crippen LogP contribution is -2.24. The van der Waals surface area contributed by atoms with Crippen LogP contribution in [0.5, 0.6) is 5.19 Å². The first-order chi connectivity index (χ1) is 11.5. The summed E-state index contributed by atoms with van der Waals surface area (Å²) >= 11 is 1.40. The molecule has 0 saturated heterocycles. The van der Waals surface area contributed by atoms with E-state index in [1.54, 1.807) is 0 Å². The minimum absolute atomic E-state index is 0.202. The monoisotopic (exact) mass is 347 g/mol. The van der Waals surface area contributed by atoms with Crippen LogP contribution in [0, 0.1) is 12.7 Å². The number of hydrogen-bond donors (Lipinski definition) is 0. The molecule has 1 fully saturated rings. The predicted molar refractivity (Wildman–Crippen MR) is 92.3 cm³/mol. The molecule has 2 aromatic rings. The Balaban J connectivity index is 1.99. The molecule has 0 bridgehead atoms. The van der Waals surface area contributed by atoms with E-state index in [0.717, 1.165) is 34.7 Å². The zero-order valence-electron chi connectivity index (χ0n) is 13.6. The molecule has 0 radical (unpaired) electrons. The molecule has 7 heteroatoms. The average molecular weight is 347 g/mol. The summed E-state index contributed by atoms with van der Waals surface area (Å²) in [7, 11) is 0. The predicted octanol–water partition coefficient (Wildman–Crippen LogP) is 4.02. The summed E-state index contributed by atoms with van der Waals surface area (Å²) in [5.41, 5.74) is 2.89. The Hall–Kier alpha value is -2.28. The second-order valence-electron chi connectivity index (χ2n) is 5.78. The SMILES string of the molecule is C=NN(C(C)=O)c1cc(F)cc(C2CC2)c1COc1nc(C)cs1. The van der Waals surface area contributed by atoms with Crippen molar-refractivity contribution in [1.82, 2.24) is 4.98 Å². The number of rotatable bonds is 6. The number of ether oxygens (including phenoxy) is 1. The Morgan fingerprint density at radius 2 is 2.29 bits per heavy atom. The zero-order valence-corrected chi connectivity index (χ0v) is 14.4. The van der Waals surface area contributed by atoms with Crippen molar-refractivity contribution in [3.05, 3.63) is 40.2 Å². The number of carbonyl (C=O) groups is 1. The Morgan fingerprint density at radius 1 is 1.54 bits per heavy atom. The van der Waals surface area contributed by atoms with Gasteiger partial charge in [-0.25, -0.2) is 14.4 Å². The lowest BCUT2D eigenvalue weighted by Gasteiger charge is -2.21. The summed E-state index contributed by atoms with van der Waals surface area (Å²) in [6.07, 6.45) is 2.02. The zero-order chi connectivity index (χ0) is 17.3. The first-order valence-corrected chi connectivity index (χ1v) is 8.52. The summed E-state index contributed by atoms with van der Waals surface area (Å²) in [5.74, 6) is -0.422. The van der Waals surface area contributed by atoms with Gasteiger partial charge in [-0.2, -0.15) is 5.10 Å². The maximum atomic E-state index is 14.1. The third-order valence-corrected chi connectivity index (χ3v) is 4.72. The molecule has 0 spiro atoms. The van der Waals surface area contributed by atoms with E-state index in [0.29, 0.717) is 16.8 Å². The highest BCUT2D eigenvalue weighted by Gasteiger charge is 2.30. The van der Waals surface area contributed by atoms with E-state index in [4.69, 9.17) is 4.74 Å². The summed E-state index contributed by atoms with van der Waals surface area (Å²) in [6.45, 7) is 6.88. The van der Waals surface area contributed by atoms with Gasteiger partial charge in [-0.15, -0.1) is 0 Å². The molecule has 24 heavy (non-hydrogen) atoms. The van der Waals surface area contributed by atoms with Gasteiger partial charge in [0.05, 0.1) is 11.4 Å². The van der Waals surface area contributed by atoms with Crippen molar-refractivity contribution < 1.29 is 13.9 Å². The number of halogens is 1. The van der Waals surface area contributed by atoms with Gasteiger partial charge < -0.3 is 4.74 Å². The molecule has 126 valence electrons. The first-order valence-electron chi connectivity index (χ1n) is 7.64. The molecule has 1 aromatic heterocycles. The molecule has 5 nitrogen and oxygen atoms in total. The summed E-state index contributed by atoms with van der Waals surface area (Å²) < 4.78 is 19.8. The highest BCUT2D eigenvalue weighted by atomic mass is 32.1. The van der Waals surface area contributed by atoms with Gasteiger partial charge >= 0.3 is 0 Å². The van der Waals surface area contributed by atoms with Crippen LogP contribution in [-0.4, -0.2) is 17.6 Å². The number of benzene rings is 1. The largest absolute Gasteiger partial charge is 0.465 e. The van der Waals surface area contributed by atoms with Crippen LogP contribution in [-0.2, 0) is 11.4 Å². The fourth-order valence-corrected chi connectivity index (χ4v) is 3.27. The van der Waals surface area contributed by atoms with E-state index in [-0.39, 0.29) is 12.5 Å². The van der Waals surface area contributed by atoms with Gasteiger partial charge in [0, 0.05) is 30.7 Å².